The van der Waals surface area contributed by atoms with E-state index < -0.39 is 11.9 Å². The Morgan fingerprint density at radius 2 is 1.92 bits per heavy atom. The molecule has 0 atom stereocenters. The maximum atomic E-state index is 12.4. The predicted octanol–water partition coefficient (Wildman–Crippen LogP) is 3.29. The number of anilines is 2. The van der Waals surface area contributed by atoms with E-state index in [4.69, 9.17) is 33.7 Å². The Bertz CT molecular complexity index is 766. The molecule has 1 heterocycles. The van der Waals surface area contributed by atoms with Crippen molar-refractivity contribution >= 4 is 46.6 Å². The molecule has 0 saturated carbocycles. The third-order valence-corrected chi connectivity index (χ3v) is 3.84. The number of ether oxygens (including phenoxy) is 1. The van der Waals surface area contributed by atoms with E-state index in [1.165, 1.54) is 12.1 Å². The lowest BCUT2D eigenvalue weighted by Gasteiger charge is -2.11. The van der Waals surface area contributed by atoms with Crippen molar-refractivity contribution < 1.29 is 14.3 Å². The van der Waals surface area contributed by atoms with E-state index in [0.717, 1.165) is 0 Å². The van der Waals surface area contributed by atoms with Crippen LogP contribution in [0.25, 0.3) is 0 Å². The molecular formula is C15H16Cl2N4O3. The lowest BCUT2D eigenvalue weighted by Crippen LogP contribution is -2.16. The molecule has 128 valence electrons. The molecule has 9 heteroatoms. The molecule has 2 rings (SSSR count). The number of rotatable bonds is 5. The van der Waals surface area contributed by atoms with Crippen LogP contribution in [0, 0.1) is 0 Å². The number of amides is 1. The van der Waals surface area contributed by atoms with E-state index in [1.54, 1.807) is 6.92 Å². The number of hydrogen-bond acceptors (Lipinski definition) is 5. The number of nitrogens with two attached hydrogens (primary N) is 1. The van der Waals surface area contributed by atoms with Gasteiger partial charge in [-0.15, -0.1) is 0 Å². The minimum Gasteiger partial charge on any atom is -0.462 e. The molecule has 0 aliphatic heterocycles. The Morgan fingerprint density at radius 3 is 2.46 bits per heavy atom. The van der Waals surface area contributed by atoms with E-state index in [1.807, 2.05) is 6.92 Å². The fourth-order valence-electron chi connectivity index (χ4n) is 2.10. The number of aromatic nitrogens is 2. The third-order valence-electron chi connectivity index (χ3n) is 3.24. The molecule has 4 N–H and O–H groups in total. The number of nitrogens with zero attached hydrogens (tertiary/aromatic N) is 1. The van der Waals surface area contributed by atoms with Gasteiger partial charge in [0.1, 0.15) is 5.56 Å². The molecule has 7 nitrogen and oxygen atoms in total. The SMILES string of the molecule is CCOC(=O)c1cc(Cl)c(NC(=O)c2c(N)n[nH]c2CC)c(Cl)c1. The molecule has 0 unspecified atom stereocenters. The minimum absolute atomic E-state index is 0.0831. The Balaban J connectivity index is 2.31. The van der Waals surface area contributed by atoms with Crippen LogP contribution < -0.4 is 11.1 Å². The van der Waals surface area contributed by atoms with E-state index >= 15 is 0 Å². The molecule has 1 aromatic heterocycles. The molecule has 0 aliphatic carbocycles. The van der Waals surface area contributed by atoms with Gasteiger partial charge in [0, 0.05) is 5.69 Å². The van der Waals surface area contributed by atoms with Crippen LogP contribution in [0.5, 0.6) is 0 Å². The largest absolute Gasteiger partial charge is 0.462 e. The van der Waals surface area contributed by atoms with Crippen molar-refractivity contribution in [3.8, 4) is 0 Å². The van der Waals surface area contributed by atoms with Gasteiger partial charge in [-0.1, -0.05) is 30.1 Å². The molecule has 0 aliphatic rings. The molecule has 1 aromatic carbocycles. The van der Waals surface area contributed by atoms with Crippen LogP contribution in [-0.4, -0.2) is 28.7 Å². The van der Waals surface area contributed by atoms with Crippen molar-refractivity contribution in [3.63, 3.8) is 0 Å². The van der Waals surface area contributed by atoms with Crippen molar-refractivity contribution in [2.45, 2.75) is 20.3 Å². The number of benzene rings is 1. The number of nitrogen functional groups attached to an aromatic ring is 1. The summed E-state index contributed by atoms with van der Waals surface area (Å²) in [6.45, 7) is 3.78. The molecule has 0 fully saturated rings. The van der Waals surface area contributed by atoms with Crippen LogP contribution in [0.4, 0.5) is 11.5 Å². The third kappa shape index (κ3) is 3.63. The summed E-state index contributed by atoms with van der Waals surface area (Å²) in [5.74, 6) is -0.961. The first kappa shape index (κ1) is 18.1. The van der Waals surface area contributed by atoms with Crippen molar-refractivity contribution in [2.75, 3.05) is 17.7 Å². The average molecular weight is 371 g/mol. The summed E-state index contributed by atoms with van der Waals surface area (Å²) in [7, 11) is 0. The normalized spacial score (nSPS) is 10.5. The molecule has 0 saturated heterocycles. The predicted molar refractivity (Wildman–Crippen MR) is 92.7 cm³/mol. The lowest BCUT2D eigenvalue weighted by molar-refractivity contribution is 0.0526. The van der Waals surface area contributed by atoms with E-state index in [2.05, 4.69) is 15.5 Å². The molecule has 2 aromatic rings. The van der Waals surface area contributed by atoms with Gasteiger partial charge in [-0.05, 0) is 25.5 Å². The number of carbonyl (C=O) groups excluding carboxylic acids is 2. The topological polar surface area (TPSA) is 110 Å². The van der Waals surface area contributed by atoms with Gasteiger partial charge < -0.3 is 15.8 Å². The Morgan fingerprint density at radius 1 is 1.29 bits per heavy atom. The van der Waals surface area contributed by atoms with Crippen LogP contribution in [-0.2, 0) is 11.2 Å². The van der Waals surface area contributed by atoms with E-state index in [0.29, 0.717) is 12.1 Å². The molecular weight excluding hydrogens is 355 g/mol. The summed E-state index contributed by atoms with van der Waals surface area (Å²) < 4.78 is 4.89. The quantitative estimate of drug-likeness (QED) is 0.699. The standard InChI is InChI=1S/C15H16Cl2N4O3/c1-3-10-11(13(18)21-20-10)14(22)19-12-8(16)5-7(6-9(12)17)15(23)24-4-2/h5-6H,3-4H2,1-2H3,(H,19,22)(H3,18,20,21). The summed E-state index contributed by atoms with van der Waals surface area (Å²) >= 11 is 12.3. The second-order valence-electron chi connectivity index (χ2n) is 4.81. The first-order chi connectivity index (χ1) is 11.4. The van der Waals surface area contributed by atoms with E-state index in [9.17, 15) is 9.59 Å². The maximum Gasteiger partial charge on any atom is 0.338 e. The monoisotopic (exact) mass is 370 g/mol. The zero-order valence-electron chi connectivity index (χ0n) is 13.1. The smallest absolute Gasteiger partial charge is 0.338 e. The fourth-order valence-corrected chi connectivity index (χ4v) is 2.69. The highest BCUT2D eigenvalue weighted by Gasteiger charge is 2.21. The van der Waals surface area contributed by atoms with Crippen molar-refractivity contribution in [2.24, 2.45) is 0 Å². The molecule has 1 amide bonds. The highest BCUT2D eigenvalue weighted by atomic mass is 35.5. The molecule has 24 heavy (non-hydrogen) atoms. The van der Waals surface area contributed by atoms with Gasteiger partial charge in [0.15, 0.2) is 5.82 Å². The van der Waals surface area contributed by atoms with Crippen LogP contribution >= 0.6 is 23.2 Å². The van der Waals surface area contributed by atoms with Gasteiger partial charge in [0.25, 0.3) is 5.91 Å². The van der Waals surface area contributed by atoms with Crippen molar-refractivity contribution in [1.29, 1.82) is 0 Å². The van der Waals surface area contributed by atoms with Crippen molar-refractivity contribution in [3.05, 3.63) is 39.0 Å². The average Bonchev–Trinajstić information content (AvgIpc) is 2.91. The van der Waals surface area contributed by atoms with Gasteiger partial charge in [0.2, 0.25) is 0 Å². The summed E-state index contributed by atoms with van der Waals surface area (Å²) in [5, 5.41) is 9.33. The molecule has 0 spiro atoms. The van der Waals surface area contributed by atoms with Gasteiger partial charge >= 0.3 is 5.97 Å². The summed E-state index contributed by atoms with van der Waals surface area (Å²) in [5.41, 5.74) is 6.92. The van der Waals surface area contributed by atoms with Crippen LogP contribution in [0.2, 0.25) is 10.0 Å². The number of nitrogens with one attached hydrogen (secondary N) is 2. The summed E-state index contributed by atoms with van der Waals surface area (Å²) in [6, 6.07) is 2.75. The van der Waals surface area contributed by atoms with Gasteiger partial charge in [0.05, 0.1) is 27.9 Å². The number of aromatic amines is 1. The Labute approximate surface area is 148 Å². The zero-order chi connectivity index (χ0) is 17.9. The summed E-state index contributed by atoms with van der Waals surface area (Å²) in [4.78, 5) is 24.2. The van der Waals surface area contributed by atoms with Gasteiger partial charge in [-0.3, -0.25) is 9.89 Å². The number of esters is 1. The van der Waals surface area contributed by atoms with Crippen LogP contribution in [0.1, 0.15) is 40.3 Å². The highest BCUT2D eigenvalue weighted by molar-refractivity contribution is 6.40. The van der Waals surface area contributed by atoms with Crippen LogP contribution in [0.3, 0.4) is 0 Å². The second kappa shape index (κ2) is 7.55. The van der Waals surface area contributed by atoms with Gasteiger partial charge in [-0.25, -0.2) is 4.79 Å². The summed E-state index contributed by atoms with van der Waals surface area (Å²) in [6.07, 6.45) is 0.552. The molecule has 0 bridgehead atoms. The molecule has 0 radical (unpaired) electrons. The van der Waals surface area contributed by atoms with Crippen molar-refractivity contribution in [1.82, 2.24) is 10.2 Å². The van der Waals surface area contributed by atoms with E-state index in [-0.39, 0.29) is 39.3 Å². The Hall–Kier alpha value is -2.25. The maximum absolute atomic E-state index is 12.4. The van der Waals surface area contributed by atoms with Crippen LogP contribution in [0.15, 0.2) is 12.1 Å². The first-order valence-corrected chi connectivity index (χ1v) is 7.94. The number of hydrogen-bond donors (Lipinski definition) is 3. The number of halogens is 2. The van der Waals surface area contributed by atoms with Gasteiger partial charge in [-0.2, -0.15) is 5.10 Å². The minimum atomic E-state index is -0.550. The highest BCUT2D eigenvalue weighted by Crippen LogP contribution is 2.33. The lowest BCUT2D eigenvalue weighted by atomic mass is 10.1. The fraction of sp³-hybridized carbons (Fsp3) is 0.267. The number of carbonyl (C=O) groups is 2. The zero-order valence-corrected chi connectivity index (χ0v) is 14.6. The Kier molecular flexibility index (Phi) is 5.69. The number of H-pyrrole nitrogens is 1. The number of aryl methyl sites for hydroxylation is 1. The first-order valence-electron chi connectivity index (χ1n) is 7.19. The second-order valence-corrected chi connectivity index (χ2v) is 5.62.